The number of esters is 1. The van der Waals surface area contributed by atoms with Crippen LogP contribution in [0, 0.1) is 0 Å². The van der Waals surface area contributed by atoms with Gasteiger partial charge >= 0.3 is 12.0 Å². The summed E-state index contributed by atoms with van der Waals surface area (Å²) < 4.78 is 9.96. The summed E-state index contributed by atoms with van der Waals surface area (Å²) in [5.41, 5.74) is -0.511. The average Bonchev–Trinajstić information content (AvgIpc) is 2.81. The molecule has 0 bridgehead atoms. The van der Waals surface area contributed by atoms with Crippen molar-refractivity contribution in [2.24, 2.45) is 0 Å². The molecule has 0 spiro atoms. The first-order chi connectivity index (χ1) is 12.2. The van der Waals surface area contributed by atoms with Gasteiger partial charge in [-0.05, 0) is 44.5 Å². The number of rotatable bonds is 8. The van der Waals surface area contributed by atoms with Crippen LogP contribution in [0.15, 0.2) is 24.3 Å². The van der Waals surface area contributed by atoms with Crippen LogP contribution in [0.5, 0.6) is 5.75 Å². The number of hydrogen-bond donors (Lipinski definition) is 1. The van der Waals surface area contributed by atoms with Crippen LogP contribution in [0.1, 0.15) is 37.0 Å². The third-order valence-electron chi connectivity index (χ3n) is 3.98. The summed E-state index contributed by atoms with van der Waals surface area (Å²) in [6.07, 6.45) is 0.276. The number of ether oxygens (including phenoxy) is 2. The van der Waals surface area contributed by atoms with Crippen molar-refractivity contribution in [2.45, 2.75) is 32.2 Å². The Hall–Kier alpha value is -2.90. The Morgan fingerprint density at radius 2 is 1.81 bits per heavy atom. The molecule has 1 aromatic rings. The lowest BCUT2D eigenvalue weighted by atomic mass is 10.1. The first kappa shape index (κ1) is 19.4. The Balaban J connectivity index is 1.73. The van der Waals surface area contributed by atoms with Crippen LogP contribution >= 0.6 is 0 Å². The summed E-state index contributed by atoms with van der Waals surface area (Å²) in [4.78, 5) is 48.5. The van der Waals surface area contributed by atoms with E-state index in [1.54, 1.807) is 38.1 Å². The van der Waals surface area contributed by atoms with Gasteiger partial charge in [0.05, 0.1) is 7.11 Å². The van der Waals surface area contributed by atoms with E-state index in [0.29, 0.717) is 11.3 Å². The van der Waals surface area contributed by atoms with E-state index in [2.05, 4.69) is 5.32 Å². The minimum Gasteiger partial charge on any atom is -0.497 e. The molecule has 1 heterocycles. The minimum atomic E-state index is -0.928. The molecule has 3 amide bonds. The highest BCUT2D eigenvalue weighted by Crippen LogP contribution is 2.17. The molecule has 1 aromatic carbocycles. The van der Waals surface area contributed by atoms with Gasteiger partial charge in [-0.25, -0.2) is 4.79 Å². The second-order valence-corrected chi connectivity index (χ2v) is 6.43. The molecule has 1 aliphatic rings. The van der Waals surface area contributed by atoms with Crippen molar-refractivity contribution in [2.75, 3.05) is 20.3 Å². The van der Waals surface area contributed by atoms with E-state index in [4.69, 9.17) is 9.47 Å². The number of hydrogen-bond acceptors (Lipinski definition) is 6. The monoisotopic (exact) mass is 362 g/mol. The number of Topliss-reactive ketones (excluding diaryl/α,β-unsaturated/α-hetero) is 1. The van der Waals surface area contributed by atoms with Gasteiger partial charge in [0.2, 0.25) is 0 Å². The third kappa shape index (κ3) is 4.59. The standard InChI is InChI=1S/C18H22N2O6/c1-18(2)16(23)20(17(24)19-18)10-4-5-15(22)26-11-14(21)12-6-8-13(25-3)9-7-12/h6-9H,4-5,10-11H2,1-3H3,(H,19,24). The number of nitrogens with zero attached hydrogens (tertiary/aromatic N) is 1. The lowest BCUT2D eigenvalue weighted by Gasteiger charge is -2.15. The number of methoxy groups -OCH3 is 1. The SMILES string of the molecule is COc1ccc(C(=O)COC(=O)CCCN2C(=O)NC(C)(C)C2=O)cc1. The van der Waals surface area contributed by atoms with Crippen molar-refractivity contribution in [3.8, 4) is 5.75 Å². The molecule has 2 rings (SSSR count). The van der Waals surface area contributed by atoms with Crippen LogP contribution in [0.4, 0.5) is 4.79 Å². The summed E-state index contributed by atoms with van der Waals surface area (Å²) in [6, 6.07) is 6.01. The summed E-state index contributed by atoms with van der Waals surface area (Å²) in [7, 11) is 1.53. The van der Waals surface area contributed by atoms with Gasteiger partial charge < -0.3 is 14.8 Å². The number of imide groups is 1. The molecule has 1 saturated heterocycles. The zero-order valence-corrected chi connectivity index (χ0v) is 15.0. The van der Waals surface area contributed by atoms with Gasteiger partial charge in [0.1, 0.15) is 11.3 Å². The molecule has 0 aromatic heterocycles. The highest BCUT2D eigenvalue weighted by atomic mass is 16.5. The second kappa shape index (κ2) is 7.99. The van der Waals surface area contributed by atoms with Crippen molar-refractivity contribution in [1.29, 1.82) is 0 Å². The molecule has 0 unspecified atom stereocenters. The Kier molecular flexibility index (Phi) is 5.97. The molecule has 0 radical (unpaired) electrons. The van der Waals surface area contributed by atoms with E-state index < -0.39 is 17.5 Å². The fourth-order valence-electron chi connectivity index (χ4n) is 2.48. The van der Waals surface area contributed by atoms with E-state index in [9.17, 15) is 19.2 Å². The quantitative estimate of drug-likeness (QED) is 0.427. The molecule has 140 valence electrons. The Morgan fingerprint density at radius 1 is 1.15 bits per heavy atom. The van der Waals surface area contributed by atoms with E-state index in [0.717, 1.165) is 4.90 Å². The van der Waals surface area contributed by atoms with Crippen molar-refractivity contribution < 1.29 is 28.7 Å². The molecule has 0 atom stereocenters. The molecular formula is C18H22N2O6. The lowest BCUT2D eigenvalue weighted by Crippen LogP contribution is -2.40. The summed E-state index contributed by atoms with van der Waals surface area (Å²) in [5.74, 6) is -0.581. The predicted molar refractivity (Wildman–Crippen MR) is 91.8 cm³/mol. The average molecular weight is 362 g/mol. The Labute approximate surface area is 151 Å². The van der Waals surface area contributed by atoms with Crippen LogP contribution in [-0.4, -0.2) is 54.4 Å². The topological polar surface area (TPSA) is 102 Å². The molecule has 1 N–H and O–H groups in total. The molecular weight excluding hydrogens is 340 g/mol. The fourth-order valence-corrected chi connectivity index (χ4v) is 2.48. The van der Waals surface area contributed by atoms with Crippen LogP contribution in [0.2, 0.25) is 0 Å². The number of amides is 3. The normalized spacial score (nSPS) is 15.6. The van der Waals surface area contributed by atoms with Crippen LogP contribution in [-0.2, 0) is 14.3 Å². The maximum absolute atomic E-state index is 12.0. The Bertz CT molecular complexity index is 711. The fraction of sp³-hybridized carbons (Fsp3) is 0.444. The van der Waals surface area contributed by atoms with Gasteiger partial charge in [0.25, 0.3) is 5.91 Å². The minimum absolute atomic E-state index is 0.00732. The lowest BCUT2D eigenvalue weighted by molar-refractivity contribution is -0.143. The smallest absolute Gasteiger partial charge is 0.325 e. The second-order valence-electron chi connectivity index (χ2n) is 6.43. The highest BCUT2D eigenvalue weighted by molar-refractivity contribution is 6.06. The summed E-state index contributed by atoms with van der Waals surface area (Å²) in [6.45, 7) is 3.00. The van der Waals surface area contributed by atoms with Crippen LogP contribution < -0.4 is 10.1 Å². The largest absolute Gasteiger partial charge is 0.497 e. The molecule has 26 heavy (non-hydrogen) atoms. The number of carbonyl (C=O) groups is 4. The van der Waals surface area contributed by atoms with E-state index in [1.807, 2.05) is 0 Å². The van der Waals surface area contributed by atoms with Crippen molar-refractivity contribution in [3.63, 3.8) is 0 Å². The molecule has 8 nitrogen and oxygen atoms in total. The zero-order valence-electron chi connectivity index (χ0n) is 15.0. The van der Waals surface area contributed by atoms with Gasteiger partial charge in [0, 0.05) is 18.5 Å². The molecule has 0 saturated carbocycles. The van der Waals surface area contributed by atoms with Gasteiger partial charge in [0.15, 0.2) is 12.4 Å². The van der Waals surface area contributed by atoms with Gasteiger partial charge in [-0.2, -0.15) is 0 Å². The summed E-state index contributed by atoms with van der Waals surface area (Å²) >= 11 is 0. The van der Waals surface area contributed by atoms with Gasteiger partial charge in [-0.15, -0.1) is 0 Å². The molecule has 1 aliphatic heterocycles. The maximum Gasteiger partial charge on any atom is 0.325 e. The van der Waals surface area contributed by atoms with Crippen molar-refractivity contribution in [1.82, 2.24) is 10.2 Å². The molecule has 1 fully saturated rings. The number of urea groups is 1. The zero-order chi connectivity index (χ0) is 19.3. The van der Waals surface area contributed by atoms with E-state index in [1.165, 1.54) is 7.11 Å². The molecule has 8 heteroatoms. The Morgan fingerprint density at radius 3 is 2.35 bits per heavy atom. The first-order valence-electron chi connectivity index (χ1n) is 8.21. The first-order valence-corrected chi connectivity index (χ1v) is 8.21. The van der Waals surface area contributed by atoms with E-state index >= 15 is 0 Å². The number of ketones is 1. The van der Waals surface area contributed by atoms with Crippen LogP contribution in [0.3, 0.4) is 0 Å². The van der Waals surface area contributed by atoms with Gasteiger partial charge in [-0.1, -0.05) is 0 Å². The maximum atomic E-state index is 12.0. The van der Waals surface area contributed by atoms with Crippen molar-refractivity contribution in [3.05, 3.63) is 29.8 Å². The number of nitrogens with one attached hydrogen (secondary N) is 1. The number of carbonyl (C=O) groups excluding carboxylic acids is 4. The van der Waals surface area contributed by atoms with Gasteiger partial charge in [-0.3, -0.25) is 19.3 Å². The predicted octanol–water partition coefficient (Wildman–Crippen LogP) is 1.53. The van der Waals surface area contributed by atoms with E-state index in [-0.39, 0.29) is 37.7 Å². The molecule has 0 aliphatic carbocycles. The van der Waals surface area contributed by atoms with Crippen LogP contribution in [0.25, 0.3) is 0 Å². The highest BCUT2D eigenvalue weighted by Gasteiger charge is 2.43. The summed E-state index contributed by atoms with van der Waals surface area (Å²) in [5, 5.41) is 2.57. The third-order valence-corrected chi connectivity index (χ3v) is 3.98. The van der Waals surface area contributed by atoms with Crippen molar-refractivity contribution >= 4 is 23.7 Å². The number of benzene rings is 1.